The second kappa shape index (κ2) is 15.6. The smallest absolute Gasteiger partial charge is 0.305 e. The SMILES string of the molecule is CCCCCCCCCCCCCCCC(=O)OCC(O)C(C)(C)O. The van der Waals surface area contributed by atoms with Gasteiger partial charge in [0.05, 0.1) is 5.60 Å². The number of carbonyl (C=O) groups is 1. The summed E-state index contributed by atoms with van der Waals surface area (Å²) in [5, 5.41) is 19.1. The largest absolute Gasteiger partial charge is 0.463 e. The minimum absolute atomic E-state index is 0.138. The first-order valence-corrected chi connectivity index (χ1v) is 10.4. The van der Waals surface area contributed by atoms with Crippen molar-refractivity contribution in [1.29, 1.82) is 0 Å². The van der Waals surface area contributed by atoms with Gasteiger partial charge in [-0.1, -0.05) is 84.0 Å². The van der Waals surface area contributed by atoms with Gasteiger partial charge in [-0.2, -0.15) is 0 Å². The predicted molar refractivity (Wildman–Crippen MR) is 104 cm³/mol. The van der Waals surface area contributed by atoms with Crippen LogP contribution in [-0.4, -0.2) is 34.5 Å². The summed E-state index contributed by atoms with van der Waals surface area (Å²) < 4.78 is 4.99. The summed E-state index contributed by atoms with van der Waals surface area (Å²) in [6.45, 7) is 5.11. The zero-order valence-electron chi connectivity index (χ0n) is 16.9. The number of hydrogen-bond donors (Lipinski definition) is 2. The fourth-order valence-electron chi connectivity index (χ4n) is 2.74. The van der Waals surface area contributed by atoms with E-state index in [4.69, 9.17) is 4.74 Å². The number of unbranched alkanes of at least 4 members (excludes halogenated alkanes) is 12. The molecule has 1 unspecified atom stereocenters. The van der Waals surface area contributed by atoms with Gasteiger partial charge in [0.2, 0.25) is 0 Å². The maximum absolute atomic E-state index is 11.6. The van der Waals surface area contributed by atoms with Crippen LogP contribution < -0.4 is 0 Å². The molecule has 0 saturated carbocycles. The zero-order chi connectivity index (χ0) is 19.0. The minimum atomic E-state index is -1.24. The second-order valence-corrected chi connectivity index (χ2v) is 7.85. The van der Waals surface area contributed by atoms with Gasteiger partial charge in [-0.25, -0.2) is 0 Å². The van der Waals surface area contributed by atoms with Gasteiger partial charge in [0, 0.05) is 6.42 Å². The van der Waals surface area contributed by atoms with Gasteiger partial charge in [0.25, 0.3) is 0 Å². The number of esters is 1. The molecule has 0 aliphatic rings. The Labute approximate surface area is 155 Å². The summed E-state index contributed by atoms with van der Waals surface area (Å²) in [6.07, 6.45) is 16.0. The molecule has 150 valence electrons. The maximum Gasteiger partial charge on any atom is 0.305 e. The fourth-order valence-corrected chi connectivity index (χ4v) is 2.74. The van der Waals surface area contributed by atoms with Crippen LogP contribution in [0.4, 0.5) is 0 Å². The van der Waals surface area contributed by atoms with Crippen molar-refractivity contribution in [3.8, 4) is 0 Å². The van der Waals surface area contributed by atoms with E-state index in [0.717, 1.165) is 12.8 Å². The van der Waals surface area contributed by atoms with Gasteiger partial charge in [-0.05, 0) is 20.3 Å². The molecule has 0 radical (unpaired) electrons. The van der Waals surface area contributed by atoms with Gasteiger partial charge >= 0.3 is 5.97 Å². The van der Waals surface area contributed by atoms with Crippen molar-refractivity contribution in [2.45, 2.75) is 122 Å². The first-order chi connectivity index (χ1) is 11.9. The van der Waals surface area contributed by atoms with Gasteiger partial charge in [0.15, 0.2) is 0 Å². The van der Waals surface area contributed by atoms with Crippen molar-refractivity contribution in [3.63, 3.8) is 0 Å². The summed E-state index contributed by atoms with van der Waals surface area (Å²) in [6, 6.07) is 0. The highest BCUT2D eigenvalue weighted by Gasteiger charge is 2.25. The normalized spacial score (nSPS) is 13.0. The number of aliphatic hydroxyl groups excluding tert-OH is 1. The second-order valence-electron chi connectivity index (χ2n) is 7.85. The molecule has 0 aliphatic heterocycles. The van der Waals surface area contributed by atoms with E-state index in [1.807, 2.05) is 0 Å². The molecule has 0 bridgehead atoms. The van der Waals surface area contributed by atoms with Crippen LogP contribution in [-0.2, 0) is 9.53 Å². The highest BCUT2D eigenvalue weighted by molar-refractivity contribution is 5.69. The Morgan fingerprint density at radius 3 is 1.64 bits per heavy atom. The van der Waals surface area contributed by atoms with E-state index < -0.39 is 11.7 Å². The minimum Gasteiger partial charge on any atom is -0.463 e. The molecule has 4 heteroatoms. The zero-order valence-corrected chi connectivity index (χ0v) is 16.9. The number of aliphatic hydroxyl groups is 2. The van der Waals surface area contributed by atoms with Crippen molar-refractivity contribution in [1.82, 2.24) is 0 Å². The Morgan fingerprint density at radius 2 is 1.24 bits per heavy atom. The number of ether oxygens (including phenoxy) is 1. The van der Waals surface area contributed by atoms with E-state index >= 15 is 0 Å². The van der Waals surface area contributed by atoms with E-state index in [0.29, 0.717) is 6.42 Å². The van der Waals surface area contributed by atoms with Crippen LogP contribution in [0, 0.1) is 0 Å². The average molecular weight is 359 g/mol. The van der Waals surface area contributed by atoms with Crippen LogP contribution in [0.3, 0.4) is 0 Å². The molecule has 0 saturated heterocycles. The first kappa shape index (κ1) is 24.4. The molecule has 0 aromatic rings. The van der Waals surface area contributed by atoms with Crippen LogP contribution in [0.15, 0.2) is 0 Å². The Kier molecular flexibility index (Phi) is 15.2. The highest BCUT2D eigenvalue weighted by atomic mass is 16.5. The van der Waals surface area contributed by atoms with E-state index in [1.165, 1.54) is 84.5 Å². The van der Waals surface area contributed by atoms with Crippen molar-refractivity contribution in [3.05, 3.63) is 0 Å². The molecule has 4 nitrogen and oxygen atoms in total. The maximum atomic E-state index is 11.6. The summed E-state index contributed by atoms with van der Waals surface area (Å²) in [5.74, 6) is -0.286. The van der Waals surface area contributed by atoms with Crippen LogP contribution in [0.5, 0.6) is 0 Å². The lowest BCUT2D eigenvalue weighted by atomic mass is 10.0. The molecule has 0 heterocycles. The third kappa shape index (κ3) is 16.6. The van der Waals surface area contributed by atoms with Crippen LogP contribution in [0.25, 0.3) is 0 Å². The van der Waals surface area contributed by atoms with E-state index in [1.54, 1.807) is 0 Å². The molecule has 0 rings (SSSR count). The molecule has 0 aliphatic carbocycles. The molecular formula is C21H42O4. The topological polar surface area (TPSA) is 66.8 Å². The quantitative estimate of drug-likeness (QED) is 0.279. The van der Waals surface area contributed by atoms with E-state index in [-0.39, 0.29) is 12.6 Å². The molecular weight excluding hydrogens is 316 g/mol. The van der Waals surface area contributed by atoms with Crippen LogP contribution in [0.2, 0.25) is 0 Å². The van der Waals surface area contributed by atoms with Gasteiger partial charge in [0.1, 0.15) is 12.7 Å². The van der Waals surface area contributed by atoms with Crippen molar-refractivity contribution < 1.29 is 19.7 Å². The fraction of sp³-hybridized carbons (Fsp3) is 0.952. The van der Waals surface area contributed by atoms with Gasteiger partial charge in [-0.3, -0.25) is 4.79 Å². The summed E-state index contributed by atoms with van der Waals surface area (Å²) in [7, 11) is 0. The monoisotopic (exact) mass is 358 g/mol. The number of hydrogen-bond acceptors (Lipinski definition) is 4. The lowest BCUT2D eigenvalue weighted by Crippen LogP contribution is -2.39. The van der Waals surface area contributed by atoms with Crippen molar-refractivity contribution >= 4 is 5.97 Å². The molecule has 0 aromatic heterocycles. The molecule has 2 N–H and O–H groups in total. The summed E-state index contributed by atoms with van der Waals surface area (Å²) in [4.78, 5) is 11.6. The lowest BCUT2D eigenvalue weighted by molar-refractivity contribution is -0.152. The molecule has 0 aromatic carbocycles. The van der Waals surface area contributed by atoms with Crippen LogP contribution >= 0.6 is 0 Å². The van der Waals surface area contributed by atoms with E-state index in [2.05, 4.69) is 6.92 Å². The molecule has 0 fully saturated rings. The van der Waals surface area contributed by atoms with Gasteiger partial charge < -0.3 is 14.9 Å². The number of rotatable bonds is 17. The standard InChI is InChI=1S/C21H42O4/c1-4-5-6-7-8-9-10-11-12-13-14-15-16-17-20(23)25-18-19(22)21(2,3)24/h19,22,24H,4-18H2,1-3H3. The highest BCUT2D eigenvalue weighted by Crippen LogP contribution is 2.13. The predicted octanol–water partition coefficient (Wildman–Crippen LogP) is 5.14. The first-order valence-electron chi connectivity index (χ1n) is 10.4. The summed E-state index contributed by atoms with van der Waals surface area (Å²) >= 11 is 0. The third-order valence-corrected chi connectivity index (χ3v) is 4.70. The lowest BCUT2D eigenvalue weighted by Gasteiger charge is -2.23. The Morgan fingerprint density at radius 1 is 0.840 bits per heavy atom. The van der Waals surface area contributed by atoms with Crippen molar-refractivity contribution in [2.24, 2.45) is 0 Å². The van der Waals surface area contributed by atoms with Gasteiger partial charge in [-0.15, -0.1) is 0 Å². The number of carbonyl (C=O) groups excluding carboxylic acids is 1. The Hall–Kier alpha value is -0.610. The van der Waals surface area contributed by atoms with E-state index in [9.17, 15) is 15.0 Å². The summed E-state index contributed by atoms with van der Waals surface area (Å²) in [5.41, 5.74) is -1.24. The molecule has 0 amide bonds. The molecule has 0 spiro atoms. The van der Waals surface area contributed by atoms with Crippen molar-refractivity contribution in [2.75, 3.05) is 6.61 Å². The van der Waals surface area contributed by atoms with Crippen LogP contribution in [0.1, 0.15) is 111 Å². The molecule has 25 heavy (non-hydrogen) atoms. The Balaban J connectivity index is 3.29. The third-order valence-electron chi connectivity index (χ3n) is 4.70. The Bertz CT molecular complexity index is 310. The average Bonchev–Trinajstić information content (AvgIpc) is 2.56. The molecule has 1 atom stereocenters.